The normalized spacial score (nSPS) is 18.1. The van der Waals surface area contributed by atoms with Gasteiger partial charge in [0.25, 0.3) is 0 Å². The second-order valence-corrected chi connectivity index (χ2v) is 13.0. The van der Waals surface area contributed by atoms with Crippen LogP contribution < -0.4 is 0 Å². The number of halogens is 3. The highest BCUT2D eigenvalue weighted by Crippen LogP contribution is 2.35. The van der Waals surface area contributed by atoms with Gasteiger partial charge in [0.15, 0.2) is 0 Å². The number of hydrogen-bond donors (Lipinski definition) is 0. The summed E-state index contributed by atoms with van der Waals surface area (Å²) in [6.45, 7) is 7.31. The van der Waals surface area contributed by atoms with Crippen LogP contribution in [0.15, 0.2) is 48.0 Å². The summed E-state index contributed by atoms with van der Waals surface area (Å²) in [7, 11) is 0. The summed E-state index contributed by atoms with van der Waals surface area (Å²) in [5, 5.41) is 11.0. The fourth-order valence-electron chi connectivity index (χ4n) is 5.95. The van der Waals surface area contributed by atoms with Gasteiger partial charge < -0.3 is 9.80 Å². The fourth-order valence-corrected chi connectivity index (χ4v) is 7.14. The Morgan fingerprint density at radius 2 is 1.84 bits per heavy atom. The SMILES string of the molecule is Cc1cc(F)ccc1-c1nc(C(C)(C)C(=O)N2CCC(N3CCC(n4cc(-c5ccc(Cl)c(F)c5)nn4)C3=O)CC2)cs1. The van der Waals surface area contributed by atoms with Crippen molar-refractivity contribution in [3.05, 3.63) is 75.9 Å². The van der Waals surface area contributed by atoms with E-state index in [0.717, 1.165) is 16.1 Å². The van der Waals surface area contributed by atoms with Crippen LogP contribution in [0.4, 0.5) is 8.78 Å². The van der Waals surface area contributed by atoms with Gasteiger partial charge in [-0.25, -0.2) is 18.4 Å². The molecule has 2 fully saturated rings. The van der Waals surface area contributed by atoms with Crippen molar-refractivity contribution in [3.63, 3.8) is 0 Å². The van der Waals surface area contributed by atoms with Crippen LogP contribution >= 0.6 is 22.9 Å². The number of piperidine rings is 1. The number of carbonyl (C=O) groups excluding carboxylic acids is 2. The number of aromatic nitrogens is 4. The summed E-state index contributed by atoms with van der Waals surface area (Å²) in [5.74, 6) is -0.850. The summed E-state index contributed by atoms with van der Waals surface area (Å²) in [6, 6.07) is 8.62. The van der Waals surface area contributed by atoms with Crippen LogP contribution in [0.3, 0.4) is 0 Å². The minimum absolute atomic E-state index is 0.00182. The number of hydrogen-bond acceptors (Lipinski definition) is 6. The number of amides is 2. The van der Waals surface area contributed by atoms with Crippen molar-refractivity contribution in [3.8, 4) is 21.8 Å². The van der Waals surface area contributed by atoms with E-state index in [1.807, 2.05) is 36.0 Å². The van der Waals surface area contributed by atoms with E-state index in [4.69, 9.17) is 16.6 Å². The van der Waals surface area contributed by atoms with E-state index < -0.39 is 17.3 Å². The van der Waals surface area contributed by atoms with E-state index >= 15 is 0 Å². The molecule has 0 spiro atoms. The minimum Gasteiger partial charge on any atom is -0.342 e. The lowest BCUT2D eigenvalue weighted by Gasteiger charge is -2.39. The number of aryl methyl sites for hydroxylation is 1. The molecule has 2 aliphatic rings. The Morgan fingerprint density at radius 3 is 2.56 bits per heavy atom. The number of benzene rings is 2. The molecule has 224 valence electrons. The van der Waals surface area contributed by atoms with E-state index in [-0.39, 0.29) is 28.7 Å². The van der Waals surface area contributed by atoms with Gasteiger partial charge in [-0.05, 0) is 75.9 Å². The van der Waals surface area contributed by atoms with E-state index in [9.17, 15) is 18.4 Å². The molecular formula is C31H31ClF2N6O2S. The van der Waals surface area contributed by atoms with Crippen molar-refractivity contribution in [2.24, 2.45) is 0 Å². The van der Waals surface area contributed by atoms with Gasteiger partial charge in [0.05, 0.1) is 22.3 Å². The van der Waals surface area contributed by atoms with Crippen LogP contribution in [0.25, 0.3) is 21.8 Å². The van der Waals surface area contributed by atoms with Gasteiger partial charge in [-0.15, -0.1) is 16.4 Å². The summed E-state index contributed by atoms with van der Waals surface area (Å²) in [6.07, 6.45) is 3.63. The standard InChI is InChI=1S/C31H31ClF2N6O2S/c1-18-14-20(33)5-6-22(18)28-35-27(17-43-28)31(2,3)30(42)38-11-8-21(9-12-38)39-13-10-26(29(39)41)40-16-25(36-37-40)19-4-7-23(32)24(34)15-19/h4-7,14-17,21,26H,8-13H2,1-3H3. The topological polar surface area (TPSA) is 84.2 Å². The Morgan fingerprint density at radius 1 is 1.07 bits per heavy atom. The zero-order valence-electron chi connectivity index (χ0n) is 24.1. The molecule has 0 radical (unpaired) electrons. The summed E-state index contributed by atoms with van der Waals surface area (Å²) in [5.41, 5.74) is 2.52. The molecule has 0 bridgehead atoms. The van der Waals surface area contributed by atoms with Gasteiger partial charge in [0, 0.05) is 42.2 Å². The number of likely N-dealkylation sites (tertiary alicyclic amines) is 2. The first-order valence-corrected chi connectivity index (χ1v) is 15.5. The summed E-state index contributed by atoms with van der Waals surface area (Å²) in [4.78, 5) is 35.6. The molecule has 6 rings (SSSR count). The van der Waals surface area contributed by atoms with Crippen LogP contribution in [-0.2, 0) is 15.0 Å². The molecule has 2 aromatic carbocycles. The lowest BCUT2D eigenvalue weighted by Crippen LogP contribution is -2.51. The van der Waals surface area contributed by atoms with Gasteiger partial charge in [0.2, 0.25) is 11.8 Å². The van der Waals surface area contributed by atoms with Gasteiger partial charge in [0.1, 0.15) is 28.4 Å². The Balaban J connectivity index is 1.08. The van der Waals surface area contributed by atoms with Crippen molar-refractivity contribution in [1.29, 1.82) is 0 Å². The van der Waals surface area contributed by atoms with Crippen molar-refractivity contribution in [2.75, 3.05) is 19.6 Å². The molecule has 2 saturated heterocycles. The van der Waals surface area contributed by atoms with Crippen LogP contribution in [0.1, 0.15) is 50.4 Å². The number of rotatable bonds is 6. The molecule has 8 nitrogen and oxygen atoms in total. The number of thiazole rings is 1. The Labute approximate surface area is 257 Å². The molecule has 2 amide bonds. The fraction of sp³-hybridized carbons (Fsp3) is 0.387. The first kappa shape index (κ1) is 29.4. The predicted molar refractivity (Wildman–Crippen MR) is 161 cm³/mol. The van der Waals surface area contributed by atoms with Crippen molar-refractivity contribution in [1.82, 2.24) is 29.8 Å². The molecule has 0 saturated carbocycles. The highest BCUT2D eigenvalue weighted by atomic mass is 35.5. The zero-order valence-corrected chi connectivity index (χ0v) is 25.6. The molecule has 12 heteroatoms. The Kier molecular flexibility index (Phi) is 7.80. The third-order valence-corrected chi connectivity index (χ3v) is 9.73. The Hall–Kier alpha value is -3.70. The lowest BCUT2D eigenvalue weighted by atomic mass is 9.87. The molecule has 0 aliphatic carbocycles. The molecule has 4 aromatic rings. The minimum atomic E-state index is -0.831. The quantitative estimate of drug-likeness (QED) is 0.261. The summed E-state index contributed by atoms with van der Waals surface area (Å²) < 4.78 is 29.1. The second-order valence-electron chi connectivity index (χ2n) is 11.7. The maximum atomic E-state index is 13.9. The largest absolute Gasteiger partial charge is 0.342 e. The molecule has 0 N–H and O–H groups in total. The maximum absolute atomic E-state index is 13.9. The third-order valence-electron chi connectivity index (χ3n) is 8.55. The zero-order chi connectivity index (χ0) is 30.5. The summed E-state index contributed by atoms with van der Waals surface area (Å²) >= 11 is 7.24. The monoisotopic (exact) mass is 624 g/mol. The number of carbonyl (C=O) groups is 2. The van der Waals surface area contributed by atoms with Gasteiger partial charge in [-0.2, -0.15) is 0 Å². The van der Waals surface area contributed by atoms with Crippen LogP contribution in [0.2, 0.25) is 5.02 Å². The highest BCUT2D eigenvalue weighted by Gasteiger charge is 2.42. The van der Waals surface area contributed by atoms with Crippen molar-refractivity contribution in [2.45, 2.75) is 57.5 Å². The molecule has 2 aromatic heterocycles. The van der Waals surface area contributed by atoms with Crippen LogP contribution in [-0.4, -0.2) is 67.3 Å². The maximum Gasteiger partial charge on any atom is 0.247 e. The van der Waals surface area contributed by atoms with Crippen molar-refractivity contribution >= 4 is 34.8 Å². The molecule has 1 atom stereocenters. The van der Waals surface area contributed by atoms with Gasteiger partial charge >= 0.3 is 0 Å². The van der Waals surface area contributed by atoms with Crippen LogP contribution in [0.5, 0.6) is 0 Å². The average Bonchev–Trinajstić information content (AvgIpc) is 3.75. The van der Waals surface area contributed by atoms with Crippen molar-refractivity contribution < 1.29 is 18.4 Å². The van der Waals surface area contributed by atoms with E-state index in [2.05, 4.69) is 10.3 Å². The molecular weight excluding hydrogens is 594 g/mol. The molecule has 1 unspecified atom stereocenters. The predicted octanol–water partition coefficient (Wildman–Crippen LogP) is 6.05. The number of nitrogens with zero attached hydrogens (tertiary/aromatic N) is 6. The molecule has 2 aliphatic heterocycles. The lowest BCUT2D eigenvalue weighted by molar-refractivity contribution is -0.139. The smallest absolute Gasteiger partial charge is 0.247 e. The first-order chi connectivity index (χ1) is 20.5. The highest BCUT2D eigenvalue weighted by molar-refractivity contribution is 7.13. The van der Waals surface area contributed by atoms with Gasteiger partial charge in [-0.1, -0.05) is 22.9 Å². The van der Waals surface area contributed by atoms with Gasteiger partial charge in [-0.3, -0.25) is 9.59 Å². The van der Waals surface area contributed by atoms with E-state index in [1.165, 1.54) is 35.6 Å². The average molecular weight is 625 g/mol. The second kappa shape index (κ2) is 11.4. The first-order valence-electron chi connectivity index (χ1n) is 14.2. The van der Waals surface area contributed by atoms with Crippen LogP contribution in [0, 0.1) is 18.6 Å². The Bertz CT molecular complexity index is 1700. The van der Waals surface area contributed by atoms with E-state index in [1.54, 1.807) is 23.0 Å². The molecule has 4 heterocycles. The van der Waals surface area contributed by atoms with E-state index in [0.29, 0.717) is 55.8 Å². The third kappa shape index (κ3) is 5.56. The molecule has 43 heavy (non-hydrogen) atoms.